The van der Waals surface area contributed by atoms with Gasteiger partial charge < -0.3 is 15.4 Å². The summed E-state index contributed by atoms with van der Waals surface area (Å²) in [4.78, 5) is 2.47. The molecule has 0 amide bonds. The Hall–Kier alpha value is -1.84. The molecule has 0 atom stereocenters. The number of benzene rings is 2. The summed E-state index contributed by atoms with van der Waals surface area (Å²) < 4.78 is 5.58. The Morgan fingerprint density at radius 3 is 2.48 bits per heavy atom. The summed E-state index contributed by atoms with van der Waals surface area (Å²) in [7, 11) is 0. The maximum Gasteiger partial charge on any atom is 0.122 e. The van der Waals surface area contributed by atoms with Crippen LogP contribution in [-0.2, 0) is 19.3 Å². The van der Waals surface area contributed by atoms with Gasteiger partial charge >= 0.3 is 0 Å². The van der Waals surface area contributed by atoms with E-state index in [2.05, 4.69) is 53.4 Å². The predicted octanol–water partition coefficient (Wildman–Crippen LogP) is 2.67. The summed E-state index contributed by atoms with van der Waals surface area (Å²) in [5.74, 6) is 1.07. The Balaban J connectivity index is 1.52. The van der Waals surface area contributed by atoms with Crippen LogP contribution >= 0.6 is 0 Å². The largest absolute Gasteiger partial charge is 0.493 e. The van der Waals surface area contributed by atoms with Crippen LogP contribution in [0.2, 0.25) is 0 Å². The molecule has 3 heteroatoms. The lowest BCUT2D eigenvalue weighted by Crippen LogP contribution is -2.33. The number of hydrogen-bond acceptors (Lipinski definition) is 3. The zero-order chi connectivity index (χ0) is 15.9. The summed E-state index contributed by atoms with van der Waals surface area (Å²) in [6.45, 7) is 4.63. The van der Waals surface area contributed by atoms with Crippen LogP contribution in [0.15, 0.2) is 48.5 Å². The SMILES string of the molecule is NCCN(CCc1ccccc1)CCc1ccc2c(c1)CCO2. The normalized spacial score (nSPS) is 13.1. The highest BCUT2D eigenvalue weighted by atomic mass is 16.5. The van der Waals surface area contributed by atoms with Crippen molar-refractivity contribution in [1.29, 1.82) is 0 Å². The molecule has 23 heavy (non-hydrogen) atoms. The molecule has 0 saturated carbocycles. The van der Waals surface area contributed by atoms with Gasteiger partial charge in [-0.15, -0.1) is 0 Å². The molecular weight excluding hydrogens is 284 g/mol. The van der Waals surface area contributed by atoms with Gasteiger partial charge in [0.25, 0.3) is 0 Å². The third kappa shape index (κ3) is 4.57. The Morgan fingerprint density at radius 2 is 1.70 bits per heavy atom. The number of rotatable bonds is 8. The van der Waals surface area contributed by atoms with E-state index in [0.29, 0.717) is 6.54 Å². The minimum Gasteiger partial charge on any atom is -0.493 e. The average molecular weight is 310 g/mol. The summed E-state index contributed by atoms with van der Waals surface area (Å²) in [5.41, 5.74) is 9.93. The molecule has 1 heterocycles. The van der Waals surface area contributed by atoms with Gasteiger partial charge in [0.05, 0.1) is 6.61 Å². The van der Waals surface area contributed by atoms with Crippen molar-refractivity contribution in [2.75, 3.05) is 32.8 Å². The van der Waals surface area contributed by atoms with Crippen LogP contribution in [0, 0.1) is 0 Å². The van der Waals surface area contributed by atoms with Gasteiger partial charge in [-0.05, 0) is 35.6 Å². The first-order chi connectivity index (χ1) is 11.3. The summed E-state index contributed by atoms with van der Waals surface area (Å²) >= 11 is 0. The van der Waals surface area contributed by atoms with Crippen LogP contribution in [0.4, 0.5) is 0 Å². The lowest BCUT2D eigenvalue weighted by molar-refractivity contribution is 0.288. The lowest BCUT2D eigenvalue weighted by atomic mass is 10.1. The second-order valence-corrected chi connectivity index (χ2v) is 6.16. The van der Waals surface area contributed by atoms with Gasteiger partial charge in [-0.1, -0.05) is 42.5 Å². The zero-order valence-electron chi connectivity index (χ0n) is 13.7. The highest BCUT2D eigenvalue weighted by molar-refractivity contribution is 5.39. The fourth-order valence-corrected chi connectivity index (χ4v) is 3.13. The van der Waals surface area contributed by atoms with Gasteiger partial charge in [0.2, 0.25) is 0 Å². The quantitative estimate of drug-likeness (QED) is 0.815. The maximum absolute atomic E-state index is 5.78. The zero-order valence-corrected chi connectivity index (χ0v) is 13.7. The molecule has 2 N–H and O–H groups in total. The second kappa shape index (κ2) is 8.14. The van der Waals surface area contributed by atoms with Crippen molar-refractivity contribution in [3.05, 3.63) is 65.2 Å². The fraction of sp³-hybridized carbons (Fsp3) is 0.400. The number of fused-ring (bicyclic) bond motifs is 1. The van der Waals surface area contributed by atoms with Crippen LogP contribution < -0.4 is 10.5 Å². The molecule has 3 rings (SSSR count). The van der Waals surface area contributed by atoms with Crippen LogP contribution in [0.25, 0.3) is 0 Å². The molecule has 0 unspecified atom stereocenters. The fourth-order valence-electron chi connectivity index (χ4n) is 3.13. The molecular formula is C20H26N2O. The van der Waals surface area contributed by atoms with Crippen molar-refractivity contribution >= 4 is 0 Å². The van der Waals surface area contributed by atoms with E-state index in [9.17, 15) is 0 Å². The van der Waals surface area contributed by atoms with Gasteiger partial charge in [0.1, 0.15) is 5.75 Å². The van der Waals surface area contributed by atoms with E-state index in [0.717, 1.165) is 51.3 Å². The van der Waals surface area contributed by atoms with E-state index in [1.54, 1.807) is 0 Å². The van der Waals surface area contributed by atoms with Crippen LogP contribution in [-0.4, -0.2) is 37.7 Å². The van der Waals surface area contributed by atoms with Gasteiger partial charge in [0.15, 0.2) is 0 Å². The summed E-state index contributed by atoms with van der Waals surface area (Å²) in [5, 5.41) is 0. The predicted molar refractivity (Wildman–Crippen MR) is 95.0 cm³/mol. The molecule has 2 aromatic rings. The number of hydrogen-bond donors (Lipinski definition) is 1. The Labute approximate surface area is 139 Å². The van der Waals surface area contributed by atoms with Gasteiger partial charge in [-0.3, -0.25) is 0 Å². The summed E-state index contributed by atoms with van der Waals surface area (Å²) in [6, 6.07) is 17.3. The van der Waals surface area contributed by atoms with Crippen LogP contribution in [0.1, 0.15) is 16.7 Å². The van der Waals surface area contributed by atoms with Crippen molar-refractivity contribution in [1.82, 2.24) is 4.90 Å². The molecule has 0 aliphatic carbocycles. The van der Waals surface area contributed by atoms with Gasteiger partial charge in [0, 0.05) is 32.6 Å². The van der Waals surface area contributed by atoms with E-state index in [1.165, 1.54) is 16.7 Å². The highest BCUT2D eigenvalue weighted by Crippen LogP contribution is 2.26. The van der Waals surface area contributed by atoms with E-state index >= 15 is 0 Å². The van der Waals surface area contributed by atoms with E-state index in [4.69, 9.17) is 10.5 Å². The number of ether oxygens (including phenoxy) is 1. The van der Waals surface area contributed by atoms with Crippen molar-refractivity contribution < 1.29 is 4.74 Å². The first-order valence-electron chi connectivity index (χ1n) is 8.56. The highest BCUT2D eigenvalue weighted by Gasteiger charge is 2.12. The smallest absolute Gasteiger partial charge is 0.122 e. The minimum absolute atomic E-state index is 0.715. The molecule has 0 bridgehead atoms. The molecule has 1 aliphatic heterocycles. The van der Waals surface area contributed by atoms with Crippen LogP contribution in [0.5, 0.6) is 5.75 Å². The monoisotopic (exact) mass is 310 g/mol. The molecule has 0 spiro atoms. The molecule has 0 aromatic heterocycles. The lowest BCUT2D eigenvalue weighted by Gasteiger charge is -2.21. The second-order valence-electron chi connectivity index (χ2n) is 6.16. The third-order valence-corrected chi connectivity index (χ3v) is 4.48. The standard InChI is InChI=1S/C20H26N2O/c21-11-14-22(12-8-17-4-2-1-3-5-17)13-9-18-6-7-20-19(16-18)10-15-23-20/h1-7,16H,8-15,21H2. The Morgan fingerprint density at radius 1 is 0.913 bits per heavy atom. The first kappa shape index (κ1) is 16.0. The molecule has 2 aromatic carbocycles. The minimum atomic E-state index is 0.715. The van der Waals surface area contributed by atoms with Crippen molar-refractivity contribution in [2.24, 2.45) is 5.73 Å². The van der Waals surface area contributed by atoms with Crippen LogP contribution in [0.3, 0.4) is 0 Å². The molecule has 1 aliphatic rings. The van der Waals surface area contributed by atoms with Gasteiger partial charge in [-0.25, -0.2) is 0 Å². The van der Waals surface area contributed by atoms with Crippen molar-refractivity contribution in [3.8, 4) is 5.75 Å². The first-order valence-corrected chi connectivity index (χ1v) is 8.56. The van der Waals surface area contributed by atoms with E-state index in [1.807, 2.05) is 0 Å². The molecule has 0 saturated heterocycles. The van der Waals surface area contributed by atoms with E-state index in [-0.39, 0.29) is 0 Å². The van der Waals surface area contributed by atoms with Crippen molar-refractivity contribution in [2.45, 2.75) is 19.3 Å². The maximum atomic E-state index is 5.78. The summed E-state index contributed by atoms with van der Waals surface area (Å²) in [6.07, 6.45) is 3.20. The Bertz CT molecular complexity index is 612. The number of nitrogens with two attached hydrogens (primary N) is 1. The van der Waals surface area contributed by atoms with E-state index < -0.39 is 0 Å². The molecule has 122 valence electrons. The Kier molecular flexibility index (Phi) is 5.67. The average Bonchev–Trinajstić information content (AvgIpc) is 3.06. The molecule has 3 nitrogen and oxygen atoms in total. The number of nitrogens with zero attached hydrogens (tertiary/aromatic N) is 1. The van der Waals surface area contributed by atoms with Gasteiger partial charge in [-0.2, -0.15) is 0 Å². The molecule has 0 radical (unpaired) electrons. The third-order valence-electron chi connectivity index (χ3n) is 4.48. The topological polar surface area (TPSA) is 38.5 Å². The van der Waals surface area contributed by atoms with Crippen molar-refractivity contribution in [3.63, 3.8) is 0 Å². The molecule has 0 fully saturated rings.